The molecule has 0 atom stereocenters. The number of carboxylic acids is 1. The summed E-state index contributed by atoms with van der Waals surface area (Å²) in [6.07, 6.45) is -4.94. The standard InChI is InChI=1S/C8H7F3N2O4S/c1-12-18(16,17)4-2-5(7(14)15)13-6(3-4)8(9,10)11/h2-3,12H,1H3,(H,14,15). The quantitative estimate of drug-likeness (QED) is 0.852. The lowest BCUT2D eigenvalue weighted by Crippen LogP contribution is -2.21. The Balaban J connectivity index is 3.56. The van der Waals surface area contributed by atoms with E-state index >= 15 is 0 Å². The summed E-state index contributed by atoms with van der Waals surface area (Å²) in [6.45, 7) is 0. The highest BCUT2D eigenvalue weighted by Crippen LogP contribution is 2.29. The van der Waals surface area contributed by atoms with Crippen LogP contribution >= 0.6 is 0 Å². The topological polar surface area (TPSA) is 96.4 Å². The molecule has 0 aromatic carbocycles. The Labute approximate surface area is 99.5 Å². The molecule has 0 aliphatic heterocycles. The molecule has 100 valence electrons. The molecule has 0 aliphatic carbocycles. The highest BCUT2D eigenvalue weighted by Gasteiger charge is 2.35. The zero-order chi connectivity index (χ0) is 14.1. The van der Waals surface area contributed by atoms with Crippen LogP contribution in [0.15, 0.2) is 17.0 Å². The molecule has 1 rings (SSSR count). The van der Waals surface area contributed by atoms with Crippen molar-refractivity contribution in [3.63, 3.8) is 0 Å². The van der Waals surface area contributed by atoms with Crippen LogP contribution in [0, 0.1) is 0 Å². The molecule has 0 spiro atoms. The minimum atomic E-state index is -4.94. The van der Waals surface area contributed by atoms with E-state index in [1.54, 1.807) is 4.72 Å². The summed E-state index contributed by atoms with van der Waals surface area (Å²) >= 11 is 0. The molecule has 1 aromatic heterocycles. The summed E-state index contributed by atoms with van der Waals surface area (Å²) in [4.78, 5) is 12.6. The van der Waals surface area contributed by atoms with Gasteiger partial charge in [-0.05, 0) is 19.2 Å². The number of carbonyl (C=O) groups is 1. The second-order valence-corrected chi connectivity index (χ2v) is 4.97. The summed E-state index contributed by atoms with van der Waals surface area (Å²) in [5.74, 6) is -1.76. The maximum absolute atomic E-state index is 12.4. The fourth-order valence-corrected chi connectivity index (χ4v) is 1.80. The zero-order valence-electron chi connectivity index (χ0n) is 8.82. The average Bonchev–Trinajstić information content (AvgIpc) is 2.27. The molecule has 1 aromatic rings. The first-order chi connectivity index (χ1) is 8.08. The van der Waals surface area contributed by atoms with E-state index in [1.807, 2.05) is 0 Å². The summed E-state index contributed by atoms with van der Waals surface area (Å²) in [5, 5.41) is 8.59. The van der Waals surface area contributed by atoms with E-state index in [4.69, 9.17) is 5.11 Å². The first kappa shape index (κ1) is 14.4. The third-order valence-electron chi connectivity index (χ3n) is 1.89. The number of pyridine rings is 1. The monoisotopic (exact) mass is 284 g/mol. The van der Waals surface area contributed by atoms with Crippen molar-refractivity contribution in [2.75, 3.05) is 7.05 Å². The van der Waals surface area contributed by atoms with Gasteiger partial charge in [0.1, 0.15) is 11.4 Å². The lowest BCUT2D eigenvalue weighted by Gasteiger charge is -2.09. The number of carboxylic acid groups (broad SMARTS) is 1. The van der Waals surface area contributed by atoms with Gasteiger partial charge in [0.05, 0.1) is 4.90 Å². The zero-order valence-corrected chi connectivity index (χ0v) is 9.63. The van der Waals surface area contributed by atoms with Crippen molar-refractivity contribution in [3.8, 4) is 0 Å². The number of nitrogens with zero attached hydrogens (tertiary/aromatic N) is 1. The predicted molar refractivity (Wildman–Crippen MR) is 52.4 cm³/mol. The van der Waals surface area contributed by atoms with Crippen LogP contribution in [0.5, 0.6) is 0 Å². The van der Waals surface area contributed by atoms with E-state index in [2.05, 4.69) is 4.98 Å². The van der Waals surface area contributed by atoms with Crippen molar-refractivity contribution < 1.29 is 31.5 Å². The minimum Gasteiger partial charge on any atom is -0.477 e. The minimum absolute atomic E-state index is 0.262. The van der Waals surface area contributed by atoms with Crippen LogP contribution in [0.1, 0.15) is 16.2 Å². The fourth-order valence-electron chi connectivity index (χ4n) is 1.03. The first-order valence-corrected chi connectivity index (χ1v) is 5.82. The highest BCUT2D eigenvalue weighted by molar-refractivity contribution is 7.89. The van der Waals surface area contributed by atoms with Gasteiger partial charge in [0, 0.05) is 0 Å². The van der Waals surface area contributed by atoms with Crippen molar-refractivity contribution in [2.45, 2.75) is 11.1 Å². The summed E-state index contributed by atoms with van der Waals surface area (Å²) in [5.41, 5.74) is -2.59. The molecule has 0 amide bonds. The molecule has 0 bridgehead atoms. The van der Waals surface area contributed by atoms with E-state index in [1.165, 1.54) is 0 Å². The van der Waals surface area contributed by atoms with Crippen molar-refractivity contribution in [2.24, 2.45) is 0 Å². The number of aromatic nitrogens is 1. The SMILES string of the molecule is CNS(=O)(=O)c1cc(C(=O)O)nc(C(F)(F)F)c1. The molecule has 0 aliphatic rings. The number of hydrogen-bond donors (Lipinski definition) is 2. The van der Waals surface area contributed by atoms with Gasteiger partial charge in [-0.15, -0.1) is 0 Å². The molecule has 1 heterocycles. The van der Waals surface area contributed by atoms with Gasteiger partial charge in [0.25, 0.3) is 0 Å². The van der Waals surface area contributed by atoms with Crippen LogP contribution in [0.2, 0.25) is 0 Å². The number of rotatable bonds is 3. The Morgan fingerprint density at radius 3 is 2.33 bits per heavy atom. The van der Waals surface area contributed by atoms with Gasteiger partial charge in [-0.25, -0.2) is 22.9 Å². The van der Waals surface area contributed by atoms with Gasteiger partial charge in [-0.3, -0.25) is 0 Å². The third kappa shape index (κ3) is 2.96. The van der Waals surface area contributed by atoms with Gasteiger partial charge in [0.2, 0.25) is 10.0 Å². The molecular weight excluding hydrogens is 277 g/mol. The average molecular weight is 284 g/mol. The van der Waals surface area contributed by atoms with Crippen LogP contribution in [-0.4, -0.2) is 31.5 Å². The van der Waals surface area contributed by atoms with Gasteiger partial charge < -0.3 is 5.11 Å². The molecule has 10 heteroatoms. The van der Waals surface area contributed by atoms with Crippen LogP contribution < -0.4 is 4.72 Å². The molecule has 0 radical (unpaired) electrons. The van der Waals surface area contributed by atoms with Gasteiger partial charge in [-0.2, -0.15) is 13.2 Å². The second-order valence-electron chi connectivity index (χ2n) is 3.08. The van der Waals surface area contributed by atoms with Crippen molar-refractivity contribution in [1.82, 2.24) is 9.71 Å². The van der Waals surface area contributed by atoms with Gasteiger partial charge in [0.15, 0.2) is 0 Å². The van der Waals surface area contributed by atoms with Gasteiger partial charge in [-0.1, -0.05) is 0 Å². The van der Waals surface area contributed by atoms with E-state index in [-0.39, 0.29) is 6.07 Å². The second kappa shape index (κ2) is 4.53. The highest BCUT2D eigenvalue weighted by atomic mass is 32.2. The molecule has 6 nitrogen and oxygen atoms in total. The number of halogens is 3. The Hall–Kier alpha value is -1.68. The number of aromatic carboxylic acids is 1. The Kier molecular flexibility index (Phi) is 3.62. The first-order valence-electron chi connectivity index (χ1n) is 4.34. The van der Waals surface area contributed by atoms with Crippen LogP contribution in [-0.2, 0) is 16.2 Å². The number of sulfonamides is 1. The number of nitrogens with one attached hydrogen (secondary N) is 1. The molecule has 0 saturated carbocycles. The van der Waals surface area contributed by atoms with Crippen molar-refractivity contribution >= 4 is 16.0 Å². The largest absolute Gasteiger partial charge is 0.477 e. The number of alkyl halides is 3. The Morgan fingerprint density at radius 2 is 1.94 bits per heavy atom. The van der Waals surface area contributed by atoms with Crippen LogP contribution in [0.25, 0.3) is 0 Å². The predicted octanol–water partition coefficient (Wildman–Crippen LogP) is 0.707. The van der Waals surface area contributed by atoms with Crippen molar-refractivity contribution in [3.05, 3.63) is 23.5 Å². The van der Waals surface area contributed by atoms with E-state index in [0.29, 0.717) is 6.07 Å². The van der Waals surface area contributed by atoms with E-state index in [9.17, 15) is 26.4 Å². The Morgan fingerprint density at radius 1 is 1.39 bits per heavy atom. The molecule has 0 fully saturated rings. The maximum atomic E-state index is 12.4. The van der Waals surface area contributed by atoms with E-state index in [0.717, 1.165) is 7.05 Å². The number of hydrogen-bond acceptors (Lipinski definition) is 4. The summed E-state index contributed by atoms with van der Waals surface area (Å²) < 4.78 is 61.8. The van der Waals surface area contributed by atoms with Crippen LogP contribution in [0.4, 0.5) is 13.2 Å². The maximum Gasteiger partial charge on any atom is 0.433 e. The normalized spacial score (nSPS) is 12.4. The molecule has 0 saturated heterocycles. The summed E-state index contributed by atoms with van der Waals surface area (Å²) in [7, 11) is -3.20. The molecular formula is C8H7F3N2O4S. The van der Waals surface area contributed by atoms with E-state index < -0.39 is 38.5 Å². The smallest absolute Gasteiger partial charge is 0.433 e. The third-order valence-corrected chi connectivity index (χ3v) is 3.28. The molecule has 0 unspecified atom stereocenters. The molecule has 2 N–H and O–H groups in total. The lowest BCUT2D eigenvalue weighted by atomic mass is 10.3. The fraction of sp³-hybridized carbons (Fsp3) is 0.250. The summed E-state index contributed by atoms with van der Waals surface area (Å²) in [6, 6.07) is 0.807. The lowest BCUT2D eigenvalue weighted by molar-refractivity contribution is -0.141. The Bertz CT molecular complexity index is 582. The molecule has 18 heavy (non-hydrogen) atoms. The van der Waals surface area contributed by atoms with Gasteiger partial charge >= 0.3 is 12.1 Å². The van der Waals surface area contributed by atoms with Crippen molar-refractivity contribution in [1.29, 1.82) is 0 Å². The van der Waals surface area contributed by atoms with Crippen LogP contribution in [0.3, 0.4) is 0 Å².